The minimum atomic E-state index is -0.584. The van der Waals surface area contributed by atoms with Crippen LogP contribution in [-0.4, -0.2) is 23.3 Å². The normalized spacial score (nSPS) is 21.1. The Hall–Kier alpha value is -3.44. The van der Waals surface area contributed by atoms with E-state index in [0.717, 1.165) is 47.4 Å². The number of aryl methyl sites for hydroxylation is 1. The van der Waals surface area contributed by atoms with Crippen LogP contribution < -0.4 is 10.6 Å². The second-order valence-corrected chi connectivity index (χ2v) is 11.5. The SMILES string of the molecule is CCOC(=O)c1c(N2C(N)=C(C#N)[C@@H](c3cccnc3)C3=C2CC(C)(C)CC3=O)sc2c1CCCC2. The van der Waals surface area contributed by atoms with E-state index in [4.69, 9.17) is 10.5 Å². The van der Waals surface area contributed by atoms with E-state index in [1.54, 1.807) is 25.4 Å². The summed E-state index contributed by atoms with van der Waals surface area (Å²) in [6.45, 7) is 6.19. The number of allylic oxidation sites excluding steroid dienone is 3. The van der Waals surface area contributed by atoms with Crippen LogP contribution in [0.5, 0.6) is 0 Å². The zero-order chi connectivity index (χ0) is 25.6. The minimum absolute atomic E-state index is 0.000595. The number of pyridine rings is 1. The van der Waals surface area contributed by atoms with Gasteiger partial charge in [-0.1, -0.05) is 19.9 Å². The van der Waals surface area contributed by atoms with Crippen LogP contribution in [0.25, 0.3) is 0 Å². The highest BCUT2D eigenvalue weighted by Crippen LogP contribution is 2.53. The first-order chi connectivity index (χ1) is 17.3. The van der Waals surface area contributed by atoms with Crippen LogP contribution in [0.15, 0.2) is 47.2 Å². The molecule has 0 amide bonds. The van der Waals surface area contributed by atoms with Gasteiger partial charge in [0.25, 0.3) is 0 Å². The maximum absolute atomic E-state index is 13.7. The van der Waals surface area contributed by atoms with E-state index in [2.05, 4.69) is 24.9 Å². The summed E-state index contributed by atoms with van der Waals surface area (Å²) in [6.07, 6.45) is 8.09. The second-order valence-electron chi connectivity index (χ2n) is 10.4. The number of nitriles is 1. The molecule has 186 valence electrons. The van der Waals surface area contributed by atoms with Crippen LogP contribution in [0, 0.1) is 16.7 Å². The number of thiophene rings is 1. The van der Waals surface area contributed by atoms with Crippen LogP contribution in [0.1, 0.15) is 78.7 Å². The highest BCUT2D eigenvalue weighted by molar-refractivity contribution is 7.16. The van der Waals surface area contributed by atoms with Crippen molar-refractivity contribution in [1.82, 2.24) is 4.98 Å². The molecule has 36 heavy (non-hydrogen) atoms. The van der Waals surface area contributed by atoms with E-state index in [1.807, 2.05) is 11.0 Å². The predicted octanol–water partition coefficient (Wildman–Crippen LogP) is 5.14. The van der Waals surface area contributed by atoms with Gasteiger partial charge in [0.1, 0.15) is 10.8 Å². The Balaban J connectivity index is 1.79. The molecule has 2 aromatic rings. The second kappa shape index (κ2) is 9.21. The first-order valence-corrected chi connectivity index (χ1v) is 13.3. The highest BCUT2D eigenvalue weighted by Gasteiger charge is 2.46. The molecule has 2 aliphatic carbocycles. The number of carbonyl (C=O) groups excluding carboxylic acids is 2. The standard InChI is InChI=1S/C28H30N4O3S/c1-4-35-27(34)23-17-9-5-6-10-21(17)36-26(23)32-19-12-28(2,3)13-20(33)24(19)22(18(14-29)25(32)30)16-8-7-11-31-15-16/h7-8,11,15,22H,4-6,9-10,12-13,30H2,1-3H3/t22-/m1/s1. The number of nitrogens with two attached hydrogens (primary N) is 1. The molecule has 0 aromatic carbocycles. The fourth-order valence-corrected chi connectivity index (χ4v) is 7.16. The van der Waals surface area contributed by atoms with Crippen molar-refractivity contribution in [3.8, 4) is 6.07 Å². The fourth-order valence-electron chi connectivity index (χ4n) is 5.74. The Labute approximate surface area is 215 Å². The number of aromatic nitrogens is 1. The molecule has 2 aromatic heterocycles. The van der Waals surface area contributed by atoms with E-state index in [9.17, 15) is 14.9 Å². The number of carbonyl (C=O) groups is 2. The zero-order valence-corrected chi connectivity index (χ0v) is 21.7. The summed E-state index contributed by atoms with van der Waals surface area (Å²) >= 11 is 1.54. The molecule has 1 atom stereocenters. The van der Waals surface area contributed by atoms with Gasteiger partial charge in [-0.25, -0.2) is 4.79 Å². The van der Waals surface area contributed by atoms with Crippen molar-refractivity contribution in [3.63, 3.8) is 0 Å². The van der Waals surface area contributed by atoms with Gasteiger partial charge in [0.15, 0.2) is 5.78 Å². The molecule has 0 unspecified atom stereocenters. The molecule has 7 nitrogen and oxygen atoms in total. The maximum Gasteiger partial charge on any atom is 0.341 e. The van der Waals surface area contributed by atoms with Gasteiger partial charge in [-0.15, -0.1) is 11.3 Å². The van der Waals surface area contributed by atoms with Crippen molar-refractivity contribution in [2.24, 2.45) is 11.1 Å². The van der Waals surface area contributed by atoms with Gasteiger partial charge in [-0.2, -0.15) is 5.26 Å². The Bertz CT molecular complexity index is 1350. The molecule has 0 saturated heterocycles. The lowest BCUT2D eigenvalue weighted by atomic mass is 9.69. The molecule has 0 radical (unpaired) electrons. The third-order valence-corrected chi connectivity index (χ3v) is 8.51. The summed E-state index contributed by atoms with van der Waals surface area (Å²) in [5.41, 5.74) is 10.5. The van der Waals surface area contributed by atoms with Crippen molar-refractivity contribution < 1.29 is 14.3 Å². The smallest absolute Gasteiger partial charge is 0.341 e. The van der Waals surface area contributed by atoms with Crippen molar-refractivity contribution in [2.75, 3.05) is 11.5 Å². The molecule has 0 bridgehead atoms. The number of nitrogens with zero attached hydrogens (tertiary/aromatic N) is 3. The molecule has 0 spiro atoms. The summed E-state index contributed by atoms with van der Waals surface area (Å²) in [6, 6.07) is 5.98. The number of esters is 1. The average Bonchev–Trinajstić information content (AvgIpc) is 3.22. The number of Topliss-reactive ketones (excluding diaryl/α,β-unsaturated/α-hetero) is 1. The number of ether oxygens (including phenoxy) is 1. The zero-order valence-electron chi connectivity index (χ0n) is 20.9. The molecule has 0 saturated carbocycles. The van der Waals surface area contributed by atoms with Gasteiger partial charge in [0.05, 0.1) is 29.7 Å². The largest absolute Gasteiger partial charge is 0.462 e. The third kappa shape index (κ3) is 3.92. The quantitative estimate of drug-likeness (QED) is 0.577. The van der Waals surface area contributed by atoms with Crippen molar-refractivity contribution >= 4 is 28.1 Å². The molecule has 5 rings (SSSR count). The summed E-state index contributed by atoms with van der Waals surface area (Å²) in [5.74, 6) is -0.700. The number of ketones is 1. The monoisotopic (exact) mass is 502 g/mol. The number of hydrogen-bond acceptors (Lipinski definition) is 8. The predicted molar refractivity (Wildman–Crippen MR) is 138 cm³/mol. The van der Waals surface area contributed by atoms with Gasteiger partial charge in [0.2, 0.25) is 0 Å². The van der Waals surface area contributed by atoms with E-state index >= 15 is 0 Å². The molecule has 3 aliphatic rings. The van der Waals surface area contributed by atoms with Gasteiger partial charge >= 0.3 is 5.97 Å². The Morgan fingerprint density at radius 3 is 2.81 bits per heavy atom. The van der Waals surface area contributed by atoms with Crippen LogP contribution in [0.4, 0.5) is 5.00 Å². The number of rotatable bonds is 4. The average molecular weight is 503 g/mol. The Morgan fingerprint density at radius 2 is 2.11 bits per heavy atom. The molecular weight excluding hydrogens is 472 g/mol. The number of fused-ring (bicyclic) bond motifs is 1. The molecule has 1 aliphatic heterocycles. The summed E-state index contributed by atoms with van der Waals surface area (Å²) in [7, 11) is 0. The number of anilines is 1. The van der Waals surface area contributed by atoms with Crippen molar-refractivity contribution in [3.05, 3.63) is 68.8 Å². The summed E-state index contributed by atoms with van der Waals surface area (Å²) < 4.78 is 5.49. The van der Waals surface area contributed by atoms with Crippen LogP contribution in [0.3, 0.4) is 0 Å². The summed E-state index contributed by atoms with van der Waals surface area (Å²) in [5, 5.41) is 11.0. The lowest BCUT2D eigenvalue weighted by molar-refractivity contribution is -0.118. The van der Waals surface area contributed by atoms with Crippen molar-refractivity contribution in [2.45, 2.75) is 65.2 Å². The minimum Gasteiger partial charge on any atom is -0.462 e. The molecular formula is C28H30N4O3S. The summed E-state index contributed by atoms with van der Waals surface area (Å²) in [4.78, 5) is 34.2. The third-order valence-electron chi connectivity index (χ3n) is 7.23. The van der Waals surface area contributed by atoms with Gasteiger partial charge < -0.3 is 10.5 Å². The van der Waals surface area contributed by atoms with Gasteiger partial charge in [-0.3, -0.25) is 14.7 Å². The molecule has 0 fully saturated rings. The van der Waals surface area contributed by atoms with E-state index in [0.29, 0.717) is 34.6 Å². The van der Waals surface area contributed by atoms with Crippen LogP contribution in [0.2, 0.25) is 0 Å². The Morgan fingerprint density at radius 1 is 1.33 bits per heavy atom. The van der Waals surface area contributed by atoms with E-state index < -0.39 is 5.92 Å². The van der Waals surface area contributed by atoms with E-state index in [1.165, 1.54) is 11.3 Å². The van der Waals surface area contributed by atoms with Gasteiger partial charge in [-0.05, 0) is 61.6 Å². The van der Waals surface area contributed by atoms with Gasteiger partial charge in [0, 0.05) is 35.0 Å². The fraction of sp³-hybridized carbons (Fsp3) is 0.429. The first kappa shape index (κ1) is 24.3. The molecule has 3 heterocycles. The topological polar surface area (TPSA) is 109 Å². The molecule has 8 heteroatoms. The molecule has 2 N–H and O–H groups in total. The maximum atomic E-state index is 13.7. The van der Waals surface area contributed by atoms with E-state index in [-0.39, 0.29) is 29.6 Å². The number of hydrogen-bond donors (Lipinski definition) is 1. The lowest BCUT2D eigenvalue weighted by Gasteiger charge is -2.43. The Kier molecular flexibility index (Phi) is 6.21. The van der Waals surface area contributed by atoms with Crippen LogP contribution >= 0.6 is 11.3 Å². The lowest BCUT2D eigenvalue weighted by Crippen LogP contribution is -2.42. The van der Waals surface area contributed by atoms with Crippen LogP contribution in [-0.2, 0) is 22.4 Å². The first-order valence-electron chi connectivity index (χ1n) is 12.4. The van der Waals surface area contributed by atoms with Crippen molar-refractivity contribution in [1.29, 1.82) is 5.26 Å². The highest BCUT2D eigenvalue weighted by atomic mass is 32.1.